The Balaban J connectivity index is 1.83. The minimum atomic E-state index is -1.09. The summed E-state index contributed by atoms with van der Waals surface area (Å²) < 4.78 is 0. The van der Waals surface area contributed by atoms with E-state index in [9.17, 15) is 19.2 Å². The van der Waals surface area contributed by atoms with Gasteiger partial charge in [0.1, 0.15) is 0 Å². The van der Waals surface area contributed by atoms with E-state index in [0.717, 1.165) is 4.90 Å². The molecule has 0 fully saturated rings. The third kappa shape index (κ3) is 5.79. The number of carbonyl (C=O) groups excluding carboxylic acids is 2. The van der Waals surface area contributed by atoms with Crippen molar-refractivity contribution in [3.8, 4) is 0 Å². The van der Waals surface area contributed by atoms with Crippen molar-refractivity contribution >= 4 is 29.6 Å². The Bertz CT molecular complexity index is 1130. The molecule has 0 saturated carbocycles. The largest absolute Gasteiger partial charge is 0.481 e. The molecule has 0 aliphatic rings. The van der Waals surface area contributed by atoms with Gasteiger partial charge in [-0.1, -0.05) is 42.5 Å². The predicted octanol–water partition coefficient (Wildman–Crippen LogP) is 3.89. The Kier molecular flexibility index (Phi) is 6.97. The number of carbonyl (C=O) groups is 4. The third-order valence-electron chi connectivity index (χ3n) is 4.61. The van der Waals surface area contributed by atoms with E-state index in [1.807, 2.05) is 0 Å². The first-order valence-corrected chi connectivity index (χ1v) is 9.64. The Morgan fingerprint density at radius 2 is 1.31 bits per heavy atom. The lowest BCUT2D eigenvalue weighted by atomic mass is 10.1. The van der Waals surface area contributed by atoms with Gasteiger partial charge in [0.2, 0.25) is 0 Å². The monoisotopic (exact) mass is 432 g/mol. The Morgan fingerprint density at radius 3 is 1.88 bits per heavy atom. The summed E-state index contributed by atoms with van der Waals surface area (Å²) in [5.74, 6) is -2.55. The normalized spacial score (nSPS) is 10.2. The van der Waals surface area contributed by atoms with Crippen LogP contribution >= 0.6 is 0 Å². The second kappa shape index (κ2) is 10.0. The van der Waals surface area contributed by atoms with Crippen molar-refractivity contribution in [3.63, 3.8) is 0 Å². The zero-order valence-electron chi connectivity index (χ0n) is 16.9. The molecule has 3 rings (SSSR count). The highest BCUT2D eigenvalue weighted by Gasteiger charge is 2.23. The smallest absolute Gasteiger partial charge is 0.335 e. The van der Waals surface area contributed by atoms with Gasteiger partial charge >= 0.3 is 18.0 Å². The number of amides is 3. The van der Waals surface area contributed by atoms with Crippen LogP contribution in [-0.4, -0.2) is 39.0 Å². The van der Waals surface area contributed by atoms with Crippen LogP contribution < -0.4 is 5.32 Å². The minimum Gasteiger partial charge on any atom is -0.481 e. The molecule has 0 heterocycles. The van der Waals surface area contributed by atoms with Crippen molar-refractivity contribution in [2.75, 3.05) is 5.32 Å². The van der Waals surface area contributed by atoms with Crippen molar-refractivity contribution < 1.29 is 29.4 Å². The number of hydrogen-bond acceptors (Lipinski definition) is 4. The molecule has 0 unspecified atom stereocenters. The van der Waals surface area contributed by atoms with E-state index in [4.69, 9.17) is 10.2 Å². The second-order valence-electron chi connectivity index (χ2n) is 6.96. The molecular formula is C24H20N2O6. The van der Waals surface area contributed by atoms with E-state index in [0.29, 0.717) is 22.4 Å². The maximum atomic E-state index is 13.0. The summed E-state index contributed by atoms with van der Waals surface area (Å²) in [6.45, 7) is -0.0415. The molecule has 0 saturated heterocycles. The number of benzene rings is 3. The van der Waals surface area contributed by atoms with Crippen LogP contribution in [0.2, 0.25) is 0 Å². The number of aromatic carboxylic acids is 1. The maximum Gasteiger partial charge on any atom is 0.335 e. The second-order valence-corrected chi connectivity index (χ2v) is 6.96. The van der Waals surface area contributed by atoms with E-state index in [-0.39, 0.29) is 18.5 Å². The van der Waals surface area contributed by atoms with Gasteiger partial charge in [-0.25, -0.2) is 9.59 Å². The van der Waals surface area contributed by atoms with Gasteiger partial charge in [0.05, 0.1) is 18.5 Å². The highest BCUT2D eigenvalue weighted by molar-refractivity contribution is 6.08. The molecule has 8 nitrogen and oxygen atoms in total. The van der Waals surface area contributed by atoms with Crippen molar-refractivity contribution in [1.82, 2.24) is 4.90 Å². The maximum absolute atomic E-state index is 13.0. The average Bonchev–Trinajstić information content (AvgIpc) is 2.78. The molecular weight excluding hydrogens is 412 g/mol. The summed E-state index contributed by atoms with van der Waals surface area (Å²) >= 11 is 0. The van der Waals surface area contributed by atoms with Gasteiger partial charge in [-0.3, -0.25) is 14.5 Å². The van der Waals surface area contributed by atoms with Crippen molar-refractivity contribution in [2.45, 2.75) is 13.0 Å². The number of hydrogen-bond donors (Lipinski definition) is 3. The molecule has 3 amide bonds. The number of carboxylic acids is 2. The molecule has 162 valence electrons. The molecule has 0 atom stereocenters. The fourth-order valence-electron chi connectivity index (χ4n) is 2.98. The quantitative estimate of drug-likeness (QED) is 0.520. The predicted molar refractivity (Wildman–Crippen MR) is 117 cm³/mol. The van der Waals surface area contributed by atoms with E-state index in [1.54, 1.807) is 54.6 Å². The van der Waals surface area contributed by atoms with Gasteiger partial charge in [-0.2, -0.15) is 0 Å². The Labute approximate surface area is 183 Å². The number of nitrogens with zero attached hydrogens (tertiary/aromatic N) is 1. The summed E-state index contributed by atoms with van der Waals surface area (Å²) in [4.78, 5) is 48.9. The minimum absolute atomic E-state index is 0.0415. The van der Waals surface area contributed by atoms with E-state index in [1.165, 1.54) is 24.3 Å². The summed E-state index contributed by atoms with van der Waals surface area (Å²) in [6.07, 6.45) is -0.125. The summed E-state index contributed by atoms with van der Waals surface area (Å²) in [7, 11) is 0. The summed E-state index contributed by atoms with van der Waals surface area (Å²) in [6, 6.07) is 19.8. The number of urea groups is 1. The van der Waals surface area contributed by atoms with Crippen LogP contribution in [-0.2, 0) is 17.8 Å². The summed E-state index contributed by atoms with van der Waals surface area (Å²) in [5.41, 5.74) is 1.97. The standard InChI is InChI=1S/C24H20N2O6/c27-21(28)14-16-6-8-17(9-7-16)15-26(22(29)18-4-2-1-3-5-18)24(32)25-20-12-10-19(11-13-20)23(30)31/h1-13H,14-15H2,(H,25,32)(H,27,28)(H,30,31). The molecule has 0 spiro atoms. The number of anilines is 1. The van der Waals surface area contributed by atoms with Gasteiger partial charge in [0.25, 0.3) is 5.91 Å². The fraction of sp³-hybridized carbons (Fsp3) is 0.0833. The lowest BCUT2D eigenvalue weighted by molar-refractivity contribution is -0.136. The van der Waals surface area contributed by atoms with Gasteiger partial charge in [0, 0.05) is 11.3 Å². The van der Waals surface area contributed by atoms with Crippen LogP contribution in [0, 0.1) is 0 Å². The first kappa shape index (κ1) is 22.2. The third-order valence-corrected chi connectivity index (χ3v) is 4.61. The number of aliphatic carboxylic acids is 1. The van der Waals surface area contributed by atoms with Crippen LogP contribution in [0.25, 0.3) is 0 Å². The topological polar surface area (TPSA) is 124 Å². The van der Waals surface area contributed by atoms with Gasteiger partial charge < -0.3 is 15.5 Å². The molecule has 8 heteroatoms. The first-order valence-electron chi connectivity index (χ1n) is 9.64. The van der Waals surface area contributed by atoms with Gasteiger partial charge in [0.15, 0.2) is 0 Å². The zero-order chi connectivity index (χ0) is 23.1. The molecule has 0 aromatic heterocycles. The molecule has 3 N–H and O–H groups in total. The number of nitrogens with one attached hydrogen (secondary N) is 1. The molecule has 32 heavy (non-hydrogen) atoms. The van der Waals surface area contributed by atoms with Crippen LogP contribution in [0.15, 0.2) is 78.9 Å². The Hall–Kier alpha value is -4.46. The average molecular weight is 432 g/mol. The van der Waals surface area contributed by atoms with E-state index >= 15 is 0 Å². The van der Waals surface area contributed by atoms with Crippen LogP contribution in [0.1, 0.15) is 31.8 Å². The number of rotatable bonds is 7. The van der Waals surface area contributed by atoms with E-state index in [2.05, 4.69) is 5.32 Å². The highest BCUT2D eigenvalue weighted by atomic mass is 16.4. The molecule has 0 aliphatic heterocycles. The number of imide groups is 1. The van der Waals surface area contributed by atoms with Crippen molar-refractivity contribution in [1.29, 1.82) is 0 Å². The highest BCUT2D eigenvalue weighted by Crippen LogP contribution is 2.16. The summed E-state index contributed by atoms with van der Waals surface area (Å²) in [5, 5.41) is 20.5. The lowest BCUT2D eigenvalue weighted by Gasteiger charge is -2.22. The lowest BCUT2D eigenvalue weighted by Crippen LogP contribution is -2.39. The fourth-order valence-corrected chi connectivity index (χ4v) is 2.98. The zero-order valence-corrected chi connectivity index (χ0v) is 16.9. The first-order chi connectivity index (χ1) is 15.3. The molecule has 3 aromatic rings. The molecule has 0 radical (unpaired) electrons. The van der Waals surface area contributed by atoms with Gasteiger partial charge in [-0.15, -0.1) is 0 Å². The number of carboxylic acid groups (broad SMARTS) is 2. The molecule has 0 aliphatic carbocycles. The van der Waals surface area contributed by atoms with Crippen LogP contribution in [0.4, 0.5) is 10.5 Å². The molecule has 3 aromatic carbocycles. The SMILES string of the molecule is O=C(O)Cc1ccc(CN(C(=O)Nc2ccc(C(=O)O)cc2)C(=O)c2ccccc2)cc1. The van der Waals surface area contributed by atoms with Gasteiger partial charge in [-0.05, 0) is 47.5 Å². The molecule has 0 bridgehead atoms. The van der Waals surface area contributed by atoms with Crippen molar-refractivity contribution in [2.24, 2.45) is 0 Å². The van der Waals surface area contributed by atoms with Crippen LogP contribution in [0.5, 0.6) is 0 Å². The van der Waals surface area contributed by atoms with Crippen molar-refractivity contribution in [3.05, 3.63) is 101 Å². The van der Waals surface area contributed by atoms with Crippen LogP contribution in [0.3, 0.4) is 0 Å². The van der Waals surface area contributed by atoms with E-state index < -0.39 is 23.9 Å². The Morgan fingerprint density at radius 1 is 0.719 bits per heavy atom.